The molecule has 0 saturated heterocycles. The van der Waals surface area contributed by atoms with Gasteiger partial charge in [0.05, 0.1) is 15.7 Å². The zero-order valence-corrected chi connectivity index (χ0v) is 9.59. The van der Waals surface area contributed by atoms with Crippen molar-refractivity contribution in [3.63, 3.8) is 0 Å². The Morgan fingerprint density at radius 3 is 1.94 bits per heavy atom. The van der Waals surface area contributed by atoms with E-state index in [2.05, 4.69) is 0 Å². The molecule has 5 heteroatoms. The molecule has 0 aliphatic carbocycles. The third-order valence-corrected chi connectivity index (χ3v) is 3.62. The molecule has 0 fully saturated rings. The van der Waals surface area contributed by atoms with Crippen LogP contribution in [0.2, 0.25) is 0 Å². The Hall–Kier alpha value is -2.01. The molecule has 0 aromatic heterocycles. The predicted octanol–water partition coefficient (Wildman–Crippen LogP) is 2.76. The Labute approximate surface area is 101 Å². The van der Waals surface area contributed by atoms with E-state index >= 15 is 0 Å². The van der Waals surface area contributed by atoms with Crippen LogP contribution in [0, 0.1) is 10.1 Å². The van der Waals surface area contributed by atoms with E-state index in [1.54, 1.807) is 24.3 Å². The lowest BCUT2D eigenvalue weighted by atomic mass is 10.3. The van der Waals surface area contributed by atoms with E-state index in [9.17, 15) is 14.3 Å². The lowest BCUT2D eigenvalue weighted by molar-refractivity contribution is -0.384. The molecular formula is C12H9NO3S. The second-order valence-electron chi connectivity index (χ2n) is 3.33. The number of nitro groups is 1. The average Bonchev–Trinajstić information content (AvgIpc) is 2.39. The molecule has 86 valence electrons. The van der Waals surface area contributed by atoms with E-state index in [0.29, 0.717) is 9.79 Å². The molecule has 0 saturated carbocycles. The fraction of sp³-hybridized carbons (Fsp3) is 0. The largest absolute Gasteiger partial charge is 0.269 e. The first-order valence-corrected chi connectivity index (χ1v) is 6.05. The summed E-state index contributed by atoms with van der Waals surface area (Å²) in [5.41, 5.74) is -0.00110. The number of hydrogen-bond donors (Lipinski definition) is 0. The van der Waals surface area contributed by atoms with Crippen LogP contribution < -0.4 is 0 Å². The quantitative estimate of drug-likeness (QED) is 0.619. The minimum absolute atomic E-state index is 0.00110. The maximum atomic E-state index is 12.1. The summed E-state index contributed by atoms with van der Waals surface area (Å²) in [4.78, 5) is 11.2. The van der Waals surface area contributed by atoms with Gasteiger partial charge in [-0.1, -0.05) is 18.2 Å². The second-order valence-corrected chi connectivity index (χ2v) is 4.81. The number of nitrogens with zero attached hydrogens (tertiary/aromatic N) is 1. The van der Waals surface area contributed by atoms with Crippen molar-refractivity contribution in [2.24, 2.45) is 0 Å². The first kappa shape index (κ1) is 11.5. The van der Waals surface area contributed by atoms with E-state index in [-0.39, 0.29) is 5.69 Å². The first-order valence-electron chi connectivity index (χ1n) is 4.90. The van der Waals surface area contributed by atoms with Crippen LogP contribution in [0.5, 0.6) is 0 Å². The molecule has 0 radical (unpaired) electrons. The van der Waals surface area contributed by atoms with Crippen LogP contribution in [0.1, 0.15) is 0 Å². The molecule has 2 rings (SSSR count). The zero-order chi connectivity index (χ0) is 12.3. The highest BCUT2D eigenvalue weighted by molar-refractivity contribution is 7.85. The van der Waals surface area contributed by atoms with Crippen molar-refractivity contribution >= 4 is 16.5 Å². The topological polar surface area (TPSA) is 60.2 Å². The minimum atomic E-state index is -1.29. The van der Waals surface area contributed by atoms with Crippen molar-refractivity contribution < 1.29 is 9.13 Å². The fourth-order valence-electron chi connectivity index (χ4n) is 1.37. The average molecular weight is 247 g/mol. The second kappa shape index (κ2) is 4.88. The minimum Gasteiger partial charge on any atom is -0.258 e. The lowest BCUT2D eigenvalue weighted by Gasteiger charge is -2.01. The SMILES string of the molecule is O=[N+]([O-])c1ccc([S@](=O)c2ccccc2)cc1. The summed E-state index contributed by atoms with van der Waals surface area (Å²) < 4.78 is 12.1. The summed E-state index contributed by atoms with van der Waals surface area (Å²) in [6.07, 6.45) is 0. The molecule has 0 aliphatic rings. The molecule has 1 atom stereocenters. The number of hydrogen-bond acceptors (Lipinski definition) is 3. The molecule has 17 heavy (non-hydrogen) atoms. The van der Waals surface area contributed by atoms with Crippen LogP contribution in [0.15, 0.2) is 64.4 Å². The van der Waals surface area contributed by atoms with Crippen molar-refractivity contribution in [3.05, 3.63) is 64.7 Å². The Bertz CT molecular complexity index is 552. The monoisotopic (exact) mass is 247 g/mol. The van der Waals surface area contributed by atoms with Crippen molar-refractivity contribution in [3.8, 4) is 0 Å². The van der Waals surface area contributed by atoms with E-state index in [0.717, 1.165) is 0 Å². The van der Waals surface area contributed by atoms with Gasteiger partial charge in [-0.2, -0.15) is 0 Å². The van der Waals surface area contributed by atoms with Crippen molar-refractivity contribution in [2.45, 2.75) is 9.79 Å². The van der Waals surface area contributed by atoms with E-state index in [4.69, 9.17) is 0 Å². The summed E-state index contributed by atoms with van der Waals surface area (Å²) in [5.74, 6) is 0. The van der Waals surface area contributed by atoms with Gasteiger partial charge >= 0.3 is 0 Å². The number of benzene rings is 2. The maximum Gasteiger partial charge on any atom is 0.269 e. The van der Waals surface area contributed by atoms with Gasteiger partial charge < -0.3 is 0 Å². The predicted molar refractivity (Wildman–Crippen MR) is 64.2 cm³/mol. The Morgan fingerprint density at radius 1 is 0.882 bits per heavy atom. The first-order chi connectivity index (χ1) is 8.18. The molecule has 2 aromatic rings. The molecule has 0 heterocycles. The van der Waals surface area contributed by atoms with Crippen LogP contribution in [-0.2, 0) is 10.8 Å². The summed E-state index contributed by atoms with van der Waals surface area (Å²) in [5, 5.41) is 10.5. The van der Waals surface area contributed by atoms with Crippen LogP contribution in [0.4, 0.5) is 5.69 Å². The molecule has 0 N–H and O–H groups in total. The van der Waals surface area contributed by atoms with Gasteiger partial charge in [-0.3, -0.25) is 10.1 Å². The van der Waals surface area contributed by atoms with Crippen LogP contribution in [0.3, 0.4) is 0 Å². The van der Waals surface area contributed by atoms with E-state index in [1.807, 2.05) is 6.07 Å². The zero-order valence-electron chi connectivity index (χ0n) is 8.78. The molecule has 0 unspecified atom stereocenters. The molecule has 0 spiro atoms. The van der Waals surface area contributed by atoms with Gasteiger partial charge in [0.15, 0.2) is 0 Å². The Balaban J connectivity index is 2.30. The van der Waals surface area contributed by atoms with Gasteiger partial charge in [-0.05, 0) is 24.3 Å². The Kier molecular flexibility index (Phi) is 3.30. The normalized spacial score (nSPS) is 12.0. The fourth-order valence-corrected chi connectivity index (χ4v) is 2.43. The van der Waals surface area contributed by atoms with Gasteiger partial charge in [0.2, 0.25) is 0 Å². The molecule has 0 bridgehead atoms. The van der Waals surface area contributed by atoms with Gasteiger partial charge in [0.1, 0.15) is 0 Å². The molecule has 0 amide bonds. The van der Waals surface area contributed by atoms with Crippen LogP contribution in [-0.4, -0.2) is 9.13 Å². The molecular weight excluding hydrogens is 238 g/mol. The third-order valence-electron chi connectivity index (χ3n) is 2.22. The van der Waals surface area contributed by atoms with Gasteiger partial charge in [-0.15, -0.1) is 0 Å². The number of nitro benzene ring substituents is 1. The van der Waals surface area contributed by atoms with Crippen molar-refractivity contribution in [1.29, 1.82) is 0 Å². The van der Waals surface area contributed by atoms with Crippen molar-refractivity contribution in [2.75, 3.05) is 0 Å². The molecule has 2 aromatic carbocycles. The highest BCUT2D eigenvalue weighted by atomic mass is 32.2. The van der Waals surface area contributed by atoms with Gasteiger partial charge in [-0.25, -0.2) is 4.21 Å². The standard InChI is InChI=1S/C12H9NO3S/c14-13(15)10-6-8-12(9-7-10)17(16)11-4-2-1-3-5-11/h1-9H/t17-/m1/s1. The highest BCUT2D eigenvalue weighted by Crippen LogP contribution is 2.19. The van der Waals surface area contributed by atoms with Crippen LogP contribution >= 0.6 is 0 Å². The Morgan fingerprint density at radius 2 is 1.41 bits per heavy atom. The summed E-state index contributed by atoms with van der Waals surface area (Å²) >= 11 is 0. The molecule has 0 aliphatic heterocycles. The maximum absolute atomic E-state index is 12.1. The summed E-state index contributed by atoms with van der Waals surface area (Å²) in [6, 6.07) is 14.7. The summed E-state index contributed by atoms with van der Waals surface area (Å²) in [6.45, 7) is 0. The van der Waals surface area contributed by atoms with Crippen molar-refractivity contribution in [1.82, 2.24) is 0 Å². The summed E-state index contributed by atoms with van der Waals surface area (Å²) in [7, 11) is -1.29. The van der Waals surface area contributed by atoms with E-state index < -0.39 is 15.7 Å². The van der Waals surface area contributed by atoms with Gasteiger partial charge in [0, 0.05) is 21.9 Å². The smallest absolute Gasteiger partial charge is 0.258 e. The van der Waals surface area contributed by atoms with E-state index in [1.165, 1.54) is 24.3 Å². The highest BCUT2D eigenvalue weighted by Gasteiger charge is 2.09. The third kappa shape index (κ3) is 2.57. The van der Waals surface area contributed by atoms with Crippen LogP contribution in [0.25, 0.3) is 0 Å². The number of rotatable bonds is 3. The van der Waals surface area contributed by atoms with Gasteiger partial charge in [0.25, 0.3) is 5.69 Å². The lowest BCUT2D eigenvalue weighted by Crippen LogP contribution is -1.93. The molecule has 4 nitrogen and oxygen atoms in total. The number of non-ortho nitro benzene ring substituents is 1.